The monoisotopic (exact) mass is 299 g/mol. The molecule has 17 heavy (non-hydrogen) atoms. The number of hydrogen-bond acceptors (Lipinski definition) is 2. The lowest BCUT2D eigenvalue weighted by molar-refractivity contribution is -0.137. The van der Waals surface area contributed by atoms with E-state index in [1.54, 1.807) is 0 Å². The molecule has 0 aromatic heterocycles. The first kappa shape index (κ1) is 13.7. The summed E-state index contributed by atoms with van der Waals surface area (Å²) in [6, 6.07) is 7.18. The molecule has 1 amide bonds. The van der Waals surface area contributed by atoms with E-state index in [2.05, 4.69) is 21.2 Å². The zero-order valence-electron chi connectivity index (χ0n) is 9.44. The standard InChI is InChI=1S/C12H14BrNO3/c1-8(15)14-10(7-12(16)17)6-9-4-2-3-5-11(9)13/h2-5,10H,6-7H2,1H3,(H,14,15)(H,16,17)/t10-/m0/s1. The Balaban J connectivity index is 2.75. The second kappa shape index (κ2) is 6.39. The largest absolute Gasteiger partial charge is 0.481 e. The van der Waals surface area contributed by atoms with Gasteiger partial charge in [-0.15, -0.1) is 0 Å². The zero-order chi connectivity index (χ0) is 12.8. The summed E-state index contributed by atoms with van der Waals surface area (Å²) in [5.41, 5.74) is 0.979. The molecule has 0 heterocycles. The van der Waals surface area contributed by atoms with E-state index < -0.39 is 5.97 Å². The van der Waals surface area contributed by atoms with Gasteiger partial charge in [-0.2, -0.15) is 0 Å². The van der Waals surface area contributed by atoms with Gasteiger partial charge < -0.3 is 10.4 Å². The second-order valence-electron chi connectivity index (χ2n) is 3.79. The van der Waals surface area contributed by atoms with Crippen molar-refractivity contribution in [3.8, 4) is 0 Å². The zero-order valence-corrected chi connectivity index (χ0v) is 11.0. The van der Waals surface area contributed by atoms with Gasteiger partial charge in [0.25, 0.3) is 0 Å². The van der Waals surface area contributed by atoms with Gasteiger partial charge in [-0.3, -0.25) is 9.59 Å². The van der Waals surface area contributed by atoms with Gasteiger partial charge in [0.15, 0.2) is 0 Å². The summed E-state index contributed by atoms with van der Waals surface area (Å²) in [5.74, 6) is -1.14. The molecule has 1 aromatic rings. The van der Waals surface area contributed by atoms with Crippen molar-refractivity contribution in [2.24, 2.45) is 0 Å². The molecular formula is C12H14BrNO3. The van der Waals surface area contributed by atoms with Gasteiger partial charge in [0, 0.05) is 17.4 Å². The number of carboxylic acid groups (broad SMARTS) is 1. The molecule has 5 heteroatoms. The molecule has 0 spiro atoms. The van der Waals surface area contributed by atoms with Crippen LogP contribution in [0.15, 0.2) is 28.7 Å². The normalized spacial score (nSPS) is 11.9. The third-order valence-electron chi connectivity index (χ3n) is 2.25. The highest BCUT2D eigenvalue weighted by atomic mass is 79.9. The molecule has 0 aliphatic rings. The SMILES string of the molecule is CC(=O)N[C@H](CC(=O)O)Cc1ccccc1Br. The molecule has 0 bridgehead atoms. The second-order valence-corrected chi connectivity index (χ2v) is 4.65. The first-order chi connectivity index (χ1) is 7.99. The first-order valence-electron chi connectivity index (χ1n) is 5.21. The highest BCUT2D eigenvalue weighted by Crippen LogP contribution is 2.18. The minimum atomic E-state index is -0.921. The summed E-state index contributed by atoms with van der Waals surface area (Å²) in [4.78, 5) is 21.7. The van der Waals surface area contributed by atoms with Crippen molar-refractivity contribution < 1.29 is 14.7 Å². The fraction of sp³-hybridized carbons (Fsp3) is 0.333. The molecular weight excluding hydrogens is 286 g/mol. The first-order valence-corrected chi connectivity index (χ1v) is 6.00. The smallest absolute Gasteiger partial charge is 0.305 e. The van der Waals surface area contributed by atoms with Crippen molar-refractivity contribution in [2.45, 2.75) is 25.8 Å². The van der Waals surface area contributed by atoms with Gasteiger partial charge in [0.1, 0.15) is 0 Å². The Hall–Kier alpha value is -1.36. The van der Waals surface area contributed by atoms with E-state index in [0.29, 0.717) is 6.42 Å². The number of amides is 1. The Morgan fingerprint density at radius 2 is 2.06 bits per heavy atom. The predicted molar refractivity (Wildman–Crippen MR) is 67.7 cm³/mol. The number of carbonyl (C=O) groups is 2. The summed E-state index contributed by atoms with van der Waals surface area (Å²) >= 11 is 3.40. The van der Waals surface area contributed by atoms with Crippen molar-refractivity contribution in [3.05, 3.63) is 34.3 Å². The van der Waals surface area contributed by atoms with Crippen LogP contribution in [0.4, 0.5) is 0 Å². The predicted octanol–water partition coefficient (Wildman–Crippen LogP) is 1.97. The molecule has 0 radical (unpaired) electrons. The molecule has 2 N–H and O–H groups in total. The number of aliphatic carboxylic acids is 1. The summed E-state index contributed by atoms with van der Waals surface area (Å²) < 4.78 is 0.917. The average molecular weight is 300 g/mol. The van der Waals surface area contributed by atoms with Crippen LogP contribution in [0.3, 0.4) is 0 Å². The van der Waals surface area contributed by atoms with Crippen LogP contribution in [-0.4, -0.2) is 23.0 Å². The molecule has 0 aliphatic heterocycles. The van der Waals surface area contributed by atoms with Crippen LogP contribution in [-0.2, 0) is 16.0 Å². The van der Waals surface area contributed by atoms with Crippen LogP contribution in [0.2, 0.25) is 0 Å². The van der Waals surface area contributed by atoms with E-state index in [9.17, 15) is 9.59 Å². The maximum atomic E-state index is 11.0. The molecule has 1 atom stereocenters. The summed E-state index contributed by atoms with van der Waals surface area (Å²) in [6.07, 6.45) is 0.411. The van der Waals surface area contributed by atoms with Crippen molar-refractivity contribution in [2.75, 3.05) is 0 Å². The molecule has 0 unspecified atom stereocenters. The molecule has 0 fully saturated rings. The summed E-state index contributed by atoms with van der Waals surface area (Å²) in [6.45, 7) is 1.38. The number of halogens is 1. The Morgan fingerprint density at radius 1 is 1.41 bits per heavy atom. The molecule has 0 saturated carbocycles. The van der Waals surface area contributed by atoms with Crippen molar-refractivity contribution in [1.29, 1.82) is 0 Å². The van der Waals surface area contributed by atoms with Crippen molar-refractivity contribution >= 4 is 27.8 Å². The average Bonchev–Trinajstić information content (AvgIpc) is 2.19. The maximum absolute atomic E-state index is 11.0. The van der Waals surface area contributed by atoms with Crippen molar-refractivity contribution in [3.63, 3.8) is 0 Å². The molecule has 1 rings (SSSR count). The third-order valence-corrected chi connectivity index (χ3v) is 3.03. The van der Waals surface area contributed by atoms with Gasteiger partial charge in [-0.25, -0.2) is 0 Å². The fourth-order valence-electron chi connectivity index (χ4n) is 1.60. The van der Waals surface area contributed by atoms with Gasteiger partial charge in [0.05, 0.1) is 6.42 Å². The van der Waals surface area contributed by atoms with Crippen molar-refractivity contribution in [1.82, 2.24) is 5.32 Å². The van der Waals surface area contributed by atoms with E-state index in [4.69, 9.17) is 5.11 Å². The molecule has 0 aliphatic carbocycles. The molecule has 1 aromatic carbocycles. The van der Waals surface area contributed by atoms with E-state index in [0.717, 1.165) is 10.0 Å². The van der Waals surface area contributed by atoms with E-state index in [-0.39, 0.29) is 18.4 Å². The van der Waals surface area contributed by atoms with E-state index in [1.165, 1.54) is 6.92 Å². The minimum Gasteiger partial charge on any atom is -0.481 e. The maximum Gasteiger partial charge on any atom is 0.305 e. The molecule has 0 saturated heterocycles. The number of benzene rings is 1. The Labute approximate surface area is 108 Å². The van der Waals surface area contributed by atoms with Gasteiger partial charge in [-0.1, -0.05) is 34.1 Å². The van der Waals surface area contributed by atoms with Crippen LogP contribution >= 0.6 is 15.9 Å². The topological polar surface area (TPSA) is 66.4 Å². The Kier molecular flexibility index (Phi) is 5.15. The van der Waals surface area contributed by atoms with E-state index in [1.807, 2.05) is 24.3 Å². The number of nitrogens with one attached hydrogen (secondary N) is 1. The molecule has 92 valence electrons. The van der Waals surface area contributed by atoms with Crippen LogP contribution < -0.4 is 5.32 Å². The summed E-state index contributed by atoms with van der Waals surface area (Å²) in [7, 11) is 0. The lowest BCUT2D eigenvalue weighted by Crippen LogP contribution is -2.36. The Morgan fingerprint density at radius 3 is 2.59 bits per heavy atom. The van der Waals surface area contributed by atoms with E-state index >= 15 is 0 Å². The quantitative estimate of drug-likeness (QED) is 0.873. The van der Waals surface area contributed by atoms with Gasteiger partial charge in [-0.05, 0) is 18.1 Å². The number of hydrogen-bond donors (Lipinski definition) is 2. The molecule has 4 nitrogen and oxygen atoms in total. The number of rotatable bonds is 5. The van der Waals surface area contributed by atoms with Crippen LogP contribution in [0.1, 0.15) is 18.9 Å². The van der Waals surface area contributed by atoms with Crippen LogP contribution in [0.25, 0.3) is 0 Å². The highest BCUT2D eigenvalue weighted by molar-refractivity contribution is 9.10. The highest BCUT2D eigenvalue weighted by Gasteiger charge is 2.15. The van der Waals surface area contributed by atoms with Crippen LogP contribution in [0, 0.1) is 0 Å². The van der Waals surface area contributed by atoms with Gasteiger partial charge in [0.2, 0.25) is 5.91 Å². The minimum absolute atomic E-state index is 0.0824. The Bertz CT molecular complexity index is 404. The summed E-state index contributed by atoms with van der Waals surface area (Å²) in [5, 5.41) is 11.4. The van der Waals surface area contributed by atoms with Gasteiger partial charge >= 0.3 is 5.97 Å². The third kappa shape index (κ3) is 4.99. The lowest BCUT2D eigenvalue weighted by Gasteiger charge is -2.16. The lowest BCUT2D eigenvalue weighted by atomic mass is 10.0. The number of carbonyl (C=O) groups excluding carboxylic acids is 1. The number of carboxylic acids is 1. The van der Waals surface area contributed by atoms with Crippen LogP contribution in [0.5, 0.6) is 0 Å². The fourth-order valence-corrected chi connectivity index (χ4v) is 2.05.